The number of nitrogens with zero attached hydrogens (tertiary/aromatic N) is 2. The summed E-state index contributed by atoms with van der Waals surface area (Å²) in [5.74, 6) is -0.607. The van der Waals surface area contributed by atoms with Gasteiger partial charge in [0.1, 0.15) is 6.04 Å². The molecule has 1 aromatic carbocycles. The first-order valence-corrected chi connectivity index (χ1v) is 10.0. The third-order valence-electron chi connectivity index (χ3n) is 4.33. The number of aromatic nitrogens is 2. The van der Waals surface area contributed by atoms with Crippen molar-refractivity contribution in [3.8, 4) is 5.13 Å². The molecule has 0 saturated heterocycles. The molecule has 2 aromatic heterocycles. The molecule has 0 radical (unpaired) electrons. The van der Waals surface area contributed by atoms with Gasteiger partial charge in [0, 0.05) is 31.1 Å². The maximum Gasteiger partial charge on any atom is 0.251 e. The van der Waals surface area contributed by atoms with Gasteiger partial charge in [0.2, 0.25) is 5.91 Å². The fourth-order valence-electron chi connectivity index (χ4n) is 2.79. The molecule has 3 aromatic rings. The van der Waals surface area contributed by atoms with E-state index in [-0.39, 0.29) is 24.3 Å². The molecule has 0 aliphatic rings. The van der Waals surface area contributed by atoms with Gasteiger partial charge < -0.3 is 20.3 Å². The number of aliphatic hydroxyl groups is 1. The highest BCUT2D eigenvalue weighted by Gasteiger charge is 2.24. The third-order valence-corrected chi connectivity index (χ3v) is 5.37. The first-order chi connectivity index (χ1) is 13.5. The summed E-state index contributed by atoms with van der Waals surface area (Å²) in [6, 6.07) is 8.57. The minimum atomic E-state index is -0.640. The van der Waals surface area contributed by atoms with Crippen LogP contribution in [0.5, 0.6) is 0 Å². The third kappa shape index (κ3) is 4.58. The largest absolute Gasteiger partial charge is 0.396 e. The smallest absolute Gasteiger partial charge is 0.251 e. The van der Waals surface area contributed by atoms with E-state index in [1.54, 1.807) is 12.1 Å². The zero-order chi connectivity index (χ0) is 20.1. The summed E-state index contributed by atoms with van der Waals surface area (Å²) in [6.45, 7) is 4.15. The molecule has 0 unspecified atom stereocenters. The Morgan fingerprint density at radius 3 is 2.68 bits per heavy atom. The zero-order valence-electron chi connectivity index (χ0n) is 15.9. The molecular weight excluding hydrogens is 376 g/mol. The van der Waals surface area contributed by atoms with Crippen molar-refractivity contribution in [1.82, 2.24) is 20.2 Å². The van der Waals surface area contributed by atoms with Gasteiger partial charge in [-0.2, -0.15) is 0 Å². The Morgan fingerprint density at radius 2 is 2.00 bits per heavy atom. The molecule has 0 aliphatic carbocycles. The molecule has 3 rings (SSSR count). The predicted molar refractivity (Wildman–Crippen MR) is 110 cm³/mol. The number of benzene rings is 1. The number of nitrogens with one attached hydrogen (secondary N) is 2. The highest BCUT2D eigenvalue weighted by Crippen LogP contribution is 2.26. The normalized spacial score (nSPS) is 12.3. The number of carbonyl (C=O) groups is 2. The lowest BCUT2D eigenvalue weighted by Crippen LogP contribution is -2.49. The monoisotopic (exact) mass is 400 g/mol. The summed E-state index contributed by atoms with van der Waals surface area (Å²) in [5, 5.41) is 15.2. The lowest BCUT2D eigenvalue weighted by atomic mass is 10.0. The number of carbonyl (C=O) groups excluding carboxylic acids is 2. The van der Waals surface area contributed by atoms with E-state index in [1.807, 2.05) is 49.0 Å². The number of hydrogen-bond acceptors (Lipinski definition) is 5. The summed E-state index contributed by atoms with van der Waals surface area (Å²) in [4.78, 5) is 29.7. The van der Waals surface area contributed by atoms with Crippen LogP contribution in [0.1, 0.15) is 30.6 Å². The number of aliphatic hydroxyl groups excluding tert-OH is 1. The maximum atomic E-state index is 12.7. The van der Waals surface area contributed by atoms with Gasteiger partial charge >= 0.3 is 0 Å². The average molecular weight is 401 g/mol. The van der Waals surface area contributed by atoms with Gasteiger partial charge in [-0.15, -0.1) is 0 Å². The number of hydrogen-bond donors (Lipinski definition) is 3. The van der Waals surface area contributed by atoms with Crippen molar-refractivity contribution in [2.24, 2.45) is 5.92 Å². The molecular formula is C20H24N4O3S. The van der Waals surface area contributed by atoms with Gasteiger partial charge in [-0.1, -0.05) is 25.2 Å². The molecule has 0 aliphatic heterocycles. The highest BCUT2D eigenvalue weighted by atomic mass is 32.1. The molecule has 1 atom stereocenters. The van der Waals surface area contributed by atoms with Crippen LogP contribution in [0.4, 0.5) is 0 Å². The molecule has 0 saturated carbocycles. The minimum Gasteiger partial charge on any atom is -0.396 e. The lowest BCUT2D eigenvalue weighted by molar-refractivity contribution is -0.123. The Labute approximate surface area is 167 Å². The Bertz CT molecular complexity index is 950. The van der Waals surface area contributed by atoms with E-state index >= 15 is 0 Å². The van der Waals surface area contributed by atoms with Crippen LogP contribution in [0, 0.1) is 5.92 Å². The second-order valence-electron chi connectivity index (χ2n) is 6.83. The molecule has 28 heavy (non-hydrogen) atoms. The van der Waals surface area contributed by atoms with Crippen molar-refractivity contribution < 1.29 is 14.7 Å². The van der Waals surface area contributed by atoms with Crippen molar-refractivity contribution >= 4 is 33.4 Å². The Balaban J connectivity index is 1.75. The number of thiazole rings is 1. The second kappa shape index (κ2) is 8.99. The second-order valence-corrected chi connectivity index (χ2v) is 7.84. The molecule has 2 heterocycles. The fourth-order valence-corrected chi connectivity index (χ4v) is 3.76. The van der Waals surface area contributed by atoms with Crippen LogP contribution >= 0.6 is 11.3 Å². The van der Waals surface area contributed by atoms with Gasteiger partial charge in [0.25, 0.3) is 5.91 Å². The molecule has 0 spiro atoms. The van der Waals surface area contributed by atoms with Gasteiger partial charge in [-0.05, 0) is 42.7 Å². The Hall–Kier alpha value is -2.71. The first kappa shape index (κ1) is 20.0. The zero-order valence-corrected chi connectivity index (χ0v) is 16.7. The number of fused-ring (bicyclic) bond motifs is 1. The molecule has 7 nitrogen and oxygen atoms in total. The van der Waals surface area contributed by atoms with E-state index in [2.05, 4.69) is 15.6 Å². The van der Waals surface area contributed by atoms with Gasteiger partial charge in [0.05, 0.1) is 10.2 Å². The van der Waals surface area contributed by atoms with Crippen molar-refractivity contribution in [3.05, 3.63) is 48.3 Å². The summed E-state index contributed by atoms with van der Waals surface area (Å²) < 4.78 is 2.83. The molecule has 0 fully saturated rings. The molecule has 3 N–H and O–H groups in total. The van der Waals surface area contributed by atoms with E-state index < -0.39 is 6.04 Å². The van der Waals surface area contributed by atoms with Crippen LogP contribution in [-0.2, 0) is 4.79 Å². The molecule has 0 bridgehead atoms. The van der Waals surface area contributed by atoms with E-state index in [0.29, 0.717) is 18.5 Å². The van der Waals surface area contributed by atoms with Crippen LogP contribution in [0.25, 0.3) is 15.3 Å². The molecule has 148 valence electrons. The topological polar surface area (TPSA) is 96.2 Å². The summed E-state index contributed by atoms with van der Waals surface area (Å²) >= 11 is 1.50. The SMILES string of the molecule is CC(C)[C@@H](NC(=O)c1ccc2nc(-n3cccc3)sc2c1)C(=O)NCCCO. The van der Waals surface area contributed by atoms with E-state index in [0.717, 1.165) is 15.3 Å². The summed E-state index contributed by atoms with van der Waals surface area (Å²) in [7, 11) is 0. The van der Waals surface area contributed by atoms with Crippen molar-refractivity contribution in [3.63, 3.8) is 0 Å². The van der Waals surface area contributed by atoms with Crippen LogP contribution < -0.4 is 10.6 Å². The number of amides is 2. The van der Waals surface area contributed by atoms with E-state index in [9.17, 15) is 9.59 Å². The highest BCUT2D eigenvalue weighted by molar-refractivity contribution is 7.20. The Morgan fingerprint density at radius 1 is 1.25 bits per heavy atom. The van der Waals surface area contributed by atoms with Crippen molar-refractivity contribution in [2.45, 2.75) is 26.3 Å². The Kier molecular flexibility index (Phi) is 6.43. The maximum absolute atomic E-state index is 12.7. The lowest BCUT2D eigenvalue weighted by Gasteiger charge is -2.21. The van der Waals surface area contributed by atoms with Crippen LogP contribution in [0.3, 0.4) is 0 Å². The van der Waals surface area contributed by atoms with Crippen LogP contribution in [0.15, 0.2) is 42.7 Å². The minimum absolute atomic E-state index is 0.0127. The van der Waals surface area contributed by atoms with Crippen molar-refractivity contribution in [2.75, 3.05) is 13.2 Å². The standard InChI is InChI=1S/C20H24N4O3S/c1-13(2)17(19(27)21-8-5-11-25)23-18(26)14-6-7-15-16(12-14)28-20(22-15)24-9-3-4-10-24/h3-4,6-7,9-10,12-13,17,25H,5,8,11H2,1-2H3,(H,21,27)(H,23,26)/t17-/m1/s1. The van der Waals surface area contributed by atoms with E-state index in [1.165, 1.54) is 11.3 Å². The predicted octanol–water partition coefficient (Wildman–Crippen LogP) is 2.34. The van der Waals surface area contributed by atoms with Gasteiger partial charge in [-0.25, -0.2) is 4.98 Å². The van der Waals surface area contributed by atoms with Crippen LogP contribution in [-0.4, -0.2) is 45.7 Å². The number of rotatable bonds is 8. The van der Waals surface area contributed by atoms with Crippen LogP contribution in [0.2, 0.25) is 0 Å². The quantitative estimate of drug-likeness (QED) is 0.506. The van der Waals surface area contributed by atoms with Gasteiger partial charge in [0.15, 0.2) is 5.13 Å². The van der Waals surface area contributed by atoms with Gasteiger partial charge in [-0.3, -0.25) is 9.59 Å². The molecule has 8 heteroatoms. The first-order valence-electron chi connectivity index (χ1n) is 9.23. The summed E-state index contributed by atoms with van der Waals surface area (Å²) in [6.07, 6.45) is 4.33. The van der Waals surface area contributed by atoms with Crippen molar-refractivity contribution in [1.29, 1.82) is 0 Å². The van der Waals surface area contributed by atoms with E-state index in [4.69, 9.17) is 5.11 Å². The summed E-state index contributed by atoms with van der Waals surface area (Å²) in [5.41, 5.74) is 1.32. The molecule has 2 amide bonds. The average Bonchev–Trinajstić information content (AvgIpc) is 3.34. The fraction of sp³-hybridized carbons (Fsp3) is 0.350.